The first-order valence-corrected chi connectivity index (χ1v) is 6.36. The molecule has 2 aromatic rings. The van der Waals surface area contributed by atoms with E-state index in [1.165, 1.54) is 31.2 Å². The number of nitrogens with zero attached hydrogens (tertiary/aromatic N) is 1. The number of para-hydroxylation sites is 1. The van der Waals surface area contributed by atoms with Crippen LogP contribution in [0.3, 0.4) is 0 Å². The number of hydrogen-bond acceptors (Lipinski definition) is 2. The van der Waals surface area contributed by atoms with E-state index in [1.54, 1.807) is 6.07 Å². The summed E-state index contributed by atoms with van der Waals surface area (Å²) in [4.78, 5) is 13.5. The molecule has 1 amide bonds. The molecule has 110 valence electrons. The van der Waals surface area contributed by atoms with Crippen LogP contribution in [0.5, 0.6) is 5.75 Å². The third-order valence-corrected chi connectivity index (χ3v) is 3.13. The number of benzene rings is 2. The fourth-order valence-electron chi connectivity index (χ4n) is 2.04. The molecule has 21 heavy (non-hydrogen) atoms. The van der Waals surface area contributed by atoms with Crippen LogP contribution < -0.4 is 4.74 Å². The van der Waals surface area contributed by atoms with Crippen molar-refractivity contribution in [3.63, 3.8) is 0 Å². The molecule has 5 heteroatoms. The first-order chi connectivity index (χ1) is 10.0. The van der Waals surface area contributed by atoms with Crippen molar-refractivity contribution in [1.82, 2.24) is 4.90 Å². The minimum Gasteiger partial charge on any atom is -0.496 e. The van der Waals surface area contributed by atoms with E-state index in [0.29, 0.717) is 5.75 Å². The van der Waals surface area contributed by atoms with Gasteiger partial charge >= 0.3 is 0 Å². The van der Waals surface area contributed by atoms with Gasteiger partial charge in [0.15, 0.2) is 11.6 Å². The highest BCUT2D eigenvalue weighted by molar-refractivity contribution is 5.94. The lowest BCUT2D eigenvalue weighted by atomic mass is 10.1. The van der Waals surface area contributed by atoms with E-state index in [2.05, 4.69) is 0 Å². The van der Waals surface area contributed by atoms with Gasteiger partial charge in [0.25, 0.3) is 5.91 Å². The van der Waals surface area contributed by atoms with Gasteiger partial charge in [-0.1, -0.05) is 24.3 Å². The van der Waals surface area contributed by atoms with Crippen LogP contribution in [0.2, 0.25) is 0 Å². The zero-order valence-corrected chi connectivity index (χ0v) is 11.8. The number of methoxy groups -OCH3 is 1. The van der Waals surface area contributed by atoms with E-state index in [0.717, 1.165) is 11.6 Å². The number of rotatable bonds is 4. The zero-order valence-electron chi connectivity index (χ0n) is 11.8. The Morgan fingerprint density at radius 3 is 2.57 bits per heavy atom. The highest BCUT2D eigenvalue weighted by Crippen LogP contribution is 2.20. The molecule has 0 heterocycles. The summed E-state index contributed by atoms with van der Waals surface area (Å²) >= 11 is 0. The molecule has 2 aromatic carbocycles. The quantitative estimate of drug-likeness (QED) is 0.865. The average molecular weight is 291 g/mol. The largest absolute Gasteiger partial charge is 0.496 e. The second kappa shape index (κ2) is 6.35. The number of halogens is 2. The minimum atomic E-state index is -1.13. The highest BCUT2D eigenvalue weighted by Gasteiger charge is 2.19. The van der Waals surface area contributed by atoms with E-state index in [1.807, 2.05) is 18.2 Å². The van der Waals surface area contributed by atoms with Crippen molar-refractivity contribution in [2.45, 2.75) is 6.54 Å². The standard InChI is InChI=1S/C16H15F2NO2/c1-19(10-11-6-3-4-9-14(11)21-2)16(20)12-7-5-8-13(17)15(12)18/h3-9H,10H2,1-2H3. The van der Waals surface area contributed by atoms with Gasteiger partial charge < -0.3 is 9.64 Å². The van der Waals surface area contributed by atoms with Gasteiger partial charge in [0.05, 0.1) is 12.7 Å². The predicted octanol–water partition coefficient (Wildman–Crippen LogP) is 3.25. The maximum Gasteiger partial charge on any atom is 0.256 e. The number of ether oxygens (including phenoxy) is 1. The first-order valence-electron chi connectivity index (χ1n) is 6.36. The third kappa shape index (κ3) is 3.18. The Labute approximate surface area is 121 Å². The van der Waals surface area contributed by atoms with Crippen molar-refractivity contribution in [1.29, 1.82) is 0 Å². The number of carbonyl (C=O) groups excluding carboxylic acids is 1. The molecule has 0 fully saturated rings. The molecule has 0 unspecified atom stereocenters. The van der Waals surface area contributed by atoms with Gasteiger partial charge in [-0.3, -0.25) is 4.79 Å². The van der Waals surface area contributed by atoms with Gasteiger partial charge in [-0.25, -0.2) is 8.78 Å². The summed E-state index contributed by atoms with van der Waals surface area (Å²) < 4.78 is 32.0. The van der Waals surface area contributed by atoms with Crippen LogP contribution in [-0.4, -0.2) is 25.0 Å². The van der Waals surface area contributed by atoms with E-state index in [4.69, 9.17) is 4.74 Å². The van der Waals surface area contributed by atoms with E-state index >= 15 is 0 Å². The number of carbonyl (C=O) groups is 1. The monoisotopic (exact) mass is 291 g/mol. The minimum absolute atomic E-state index is 0.235. The van der Waals surface area contributed by atoms with Crippen molar-refractivity contribution < 1.29 is 18.3 Å². The van der Waals surface area contributed by atoms with Gasteiger partial charge in [-0.15, -0.1) is 0 Å². The Bertz CT molecular complexity index is 658. The summed E-state index contributed by atoms with van der Waals surface area (Å²) in [5.74, 6) is -2.12. The van der Waals surface area contributed by atoms with Crippen LogP contribution in [-0.2, 0) is 6.54 Å². The fraction of sp³-hybridized carbons (Fsp3) is 0.188. The summed E-state index contributed by atoms with van der Waals surface area (Å²) in [6, 6.07) is 10.8. The Morgan fingerprint density at radius 2 is 1.86 bits per heavy atom. The maximum atomic E-state index is 13.6. The van der Waals surface area contributed by atoms with E-state index < -0.39 is 17.5 Å². The number of hydrogen-bond donors (Lipinski definition) is 0. The van der Waals surface area contributed by atoms with Crippen molar-refractivity contribution >= 4 is 5.91 Å². The fourth-order valence-corrected chi connectivity index (χ4v) is 2.04. The molecular formula is C16H15F2NO2. The summed E-state index contributed by atoms with van der Waals surface area (Å²) in [6.07, 6.45) is 0. The van der Waals surface area contributed by atoms with Crippen molar-refractivity contribution in [2.24, 2.45) is 0 Å². The van der Waals surface area contributed by atoms with Gasteiger partial charge in [0, 0.05) is 19.2 Å². The van der Waals surface area contributed by atoms with Crippen LogP contribution in [0, 0.1) is 11.6 Å². The molecule has 0 bridgehead atoms. The van der Waals surface area contributed by atoms with E-state index in [9.17, 15) is 13.6 Å². The molecule has 0 aliphatic rings. The van der Waals surface area contributed by atoms with Gasteiger partial charge in [-0.05, 0) is 18.2 Å². The summed E-state index contributed by atoms with van der Waals surface area (Å²) in [7, 11) is 3.06. The Kier molecular flexibility index (Phi) is 4.52. The Hall–Kier alpha value is -2.43. The molecule has 0 aliphatic carbocycles. The van der Waals surface area contributed by atoms with Crippen molar-refractivity contribution in [2.75, 3.05) is 14.2 Å². The average Bonchev–Trinajstić information content (AvgIpc) is 2.50. The Morgan fingerprint density at radius 1 is 1.14 bits per heavy atom. The third-order valence-electron chi connectivity index (χ3n) is 3.13. The van der Waals surface area contributed by atoms with E-state index in [-0.39, 0.29) is 12.1 Å². The predicted molar refractivity (Wildman–Crippen MR) is 75.1 cm³/mol. The SMILES string of the molecule is COc1ccccc1CN(C)C(=O)c1cccc(F)c1F. The van der Waals surface area contributed by atoms with Gasteiger partial charge in [0.1, 0.15) is 5.75 Å². The lowest BCUT2D eigenvalue weighted by Crippen LogP contribution is -2.27. The molecular weight excluding hydrogens is 276 g/mol. The second-order valence-corrected chi connectivity index (χ2v) is 4.57. The molecule has 0 N–H and O–H groups in total. The molecule has 3 nitrogen and oxygen atoms in total. The molecule has 0 saturated heterocycles. The smallest absolute Gasteiger partial charge is 0.256 e. The molecule has 0 aliphatic heterocycles. The van der Waals surface area contributed by atoms with Gasteiger partial charge in [0.2, 0.25) is 0 Å². The lowest BCUT2D eigenvalue weighted by molar-refractivity contribution is 0.0778. The summed E-state index contributed by atoms with van der Waals surface area (Å²) in [6.45, 7) is 0.235. The topological polar surface area (TPSA) is 29.5 Å². The van der Waals surface area contributed by atoms with Crippen LogP contribution in [0.4, 0.5) is 8.78 Å². The van der Waals surface area contributed by atoms with Crippen LogP contribution in [0.1, 0.15) is 15.9 Å². The molecule has 0 aromatic heterocycles. The van der Waals surface area contributed by atoms with Crippen LogP contribution in [0.25, 0.3) is 0 Å². The Balaban J connectivity index is 2.22. The van der Waals surface area contributed by atoms with Crippen LogP contribution >= 0.6 is 0 Å². The first kappa shape index (κ1) is 15.0. The maximum absolute atomic E-state index is 13.6. The highest BCUT2D eigenvalue weighted by atomic mass is 19.2. The van der Waals surface area contributed by atoms with Crippen LogP contribution in [0.15, 0.2) is 42.5 Å². The zero-order chi connectivity index (χ0) is 15.4. The molecule has 2 rings (SSSR count). The molecule has 0 atom stereocenters. The van der Waals surface area contributed by atoms with Crippen molar-refractivity contribution in [3.8, 4) is 5.75 Å². The second-order valence-electron chi connectivity index (χ2n) is 4.57. The molecule has 0 saturated carbocycles. The lowest BCUT2D eigenvalue weighted by Gasteiger charge is -2.19. The molecule has 0 spiro atoms. The summed E-state index contributed by atoms with van der Waals surface area (Å²) in [5.41, 5.74) is 0.500. The summed E-state index contributed by atoms with van der Waals surface area (Å²) in [5, 5.41) is 0. The normalized spacial score (nSPS) is 10.3. The number of amides is 1. The van der Waals surface area contributed by atoms with Gasteiger partial charge in [-0.2, -0.15) is 0 Å². The molecule has 0 radical (unpaired) electrons. The van der Waals surface area contributed by atoms with Crippen molar-refractivity contribution in [3.05, 3.63) is 65.2 Å².